The van der Waals surface area contributed by atoms with Gasteiger partial charge < -0.3 is 9.15 Å². The zero-order chi connectivity index (χ0) is 20.6. The van der Waals surface area contributed by atoms with Crippen LogP contribution in [0.1, 0.15) is 16.1 Å². The molecular formula is C19H15ClN2O6. The van der Waals surface area contributed by atoms with Gasteiger partial charge in [0.25, 0.3) is 11.8 Å². The van der Waals surface area contributed by atoms with E-state index in [4.69, 9.17) is 20.8 Å². The van der Waals surface area contributed by atoms with E-state index in [0.717, 1.165) is 9.80 Å². The van der Waals surface area contributed by atoms with E-state index in [1.54, 1.807) is 18.2 Å². The largest absolute Gasteiger partial charge is 0.465 e. The van der Waals surface area contributed by atoms with Crippen LogP contribution < -0.4 is 0 Å². The molecule has 4 amide bonds. The predicted molar refractivity (Wildman–Crippen MR) is 99.4 cm³/mol. The Kier molecular flexibility index (Phi) is 5.06. The minimum atomic E-state index is -0.732. The third kappa shape index (κ3) is 3.29. The molecule has 0 atom stereocenters. The van der Waals surface area contributed by atoms with E-state index < -0.39 is 23.8 Å². The summed E-state index contributed by atoms with van der Waals surface area (Å²) in [7, 11) is 3.82. The van der Waals surface area contributed by atoms with Crippen molar-refractivity contribution in [1.82, 2.24) is 9.80 Å². The van der Waals surface area contributed by atoms with Crippen molar-refractivity contribution in [3.05, 3.63) is 52.3 Å². The van der Waals surface area contributed by atoms with Gasteiger partial charge in [-0.05, 0) is 36.4 Å². The number of amides is 4. The highest BCUT2D eigenvalue weighted by Gasteiger charge is 2.38. The van der Waals surface area contributed by atoms with Crippen LogP contribution in [-0.2, 0) is 14.3 Å². The van der Waals surface area contributed by atoms with E-state index in [1.807, 2.05) is 0 Å². The van der Waals surface area contributed by atoms with Gasteiger partial charge in [0.05, 0.1) is 12.7 Å². The number of hydrogen-bond acceptors (Lipinski definition) is 6. The number of nitrogens with zero attached hydrogens (tertiary/aromatic N) is 2. The number of carbonyl (C=O) groups excluding carboxylic acids is 4. The van der Waals surface area contributed by atoms with Crippen molar-refractivity contribution in [2.24, 2.45) is 0 Å². The van der Waals surface area contributed by atoms with Gasteiger partial charge in [0.15, 0.2) is 0 Å². The fraction of sp³-hybridized carbons (Fsp3) is 0.158. The molecule has 9 heteroatoms. The maximum absolute atomic E-state index is 12.3. The van der Waals surface area contributed by atoms with Crippen LogP contribution in [0.15, 0.2) is 40.3 Å². The molecule has 8 nitrogen and oxygen atoms in total. The number of hydrogen-bond donors (Lipinski definition) is 0. The number of methoxy groups -OCH3 is 1. The Morgan fingerprint density at radius 3 is 2.32 bits per heavy atom. The number of barbiturate groups is 1. The molecule has 3 rings (SSSR count). The van der Waals surface area contributed by atoms with Crippen LogP contribution in [0.25, 0.3) is 17.4 Å². The molecule has 0 aliphatic carbocycles. The lowest BCUT2D eigenvalue weighted by molar-refractivity contribution is -0.134. The minimum absolute atomic E-state index is 0.193. The second-order valence-electron chi connectivity index (χ2n) is 5.95. The molecule has 0 unspecified atom stereocenters. The Balaban J connectivity index is 2.02. The number of ether oxygens (including phenoxy) is 1. The number of benzene rings is 1. The molecule has 1 fully saturated rings. The first-order valence-electron chi connectivity index (χ1n) is 8.04. The third-order valence-corrected chi connectivity index (χ3v) is 4.44. The van der Waals surface area contributed by atoms with Crippen molar-refractivity contribution in [1.29, 1.82) is 0 Å². The smallest absolute Gasteiger partial charge is 0.338 e. The highest BCUT2D eigenvalue weighted by atomic mass is 35.5. The van der Waals surface area contributed by atoms with Crippen molar-refractivity contribution in [2.45, 2.75) is 0 Å². The summed E-state index contributed by atoms with van der Waals surface area (Å²) in [5.74, 6) is -1.54. The number of carbonyl (C=O) groups is 4. The average Bonchev–Trinajstić information content (AvgIpc) is 3.16. The number of halogens is 1. The Morgan fingerprint density at radius 2 is 1.71 bits per heavy atom. The summed E-state index contributed by atoms with van der Waals surface area (Å²) in [6.07, 6.45) is 1.25. The first-order chi connectivity index (χ1) is 13.2. The quantitative estimate of drug-likeness (QED) is 0.445. The zero-order valence-electron chi connectivity index (χ0n) is 15.2. The number of furan rings is 1. The fourth-order valence-electron chi connectivity index (χ4n) is 2.70. The molecule has 0 saturated carbocycles. The minimum Gasteiger partial charge on any atom is -0.465 e. The van der Waals surface area contributed by atoms with Gasteiger partial charge in [0.1, 0.15) is 17.1 Å². The lowest BCUT2D eigenvalue weighted by Gasteiger charge is -2.28. The summed E-state index contributed by atoms with van der Waals surface area (Å²) < 4.78 is 10.4. The Bertz CT molecular complexity index is 1010. The van der Waals surface area contributed by atoms with Gasteiger partial charge in [0, 0.05) is 24.7 Å². The van der Waals surface area contributed by atoms with Crippen molar-refractivity contribution in [3.63, 3.8) is 0 Å². The molecule has 28 heavy (non-hydrogen) atoms. The molecule has 1 aliphatic heterocycles. The summed E-state index contributed by atoms with van der Waals surface area (Å²) >= 11 is 6.02. The molecule has 1 saturated heterocycles. The molecule has 1 aliphatic rings. The molecular weight excluding hydrogens is 388 g/mol. The third-order valence-electron chi connectivity index (χ3n) is 4.21. The van der Waals surface area contributed by atoms with Crippen LogP contribution in [0.4, 0.5) is 4.79 Å². The summed E-state index contributed by atoms with van der Waals surface area (Å²) in [5.41, 5.74) is 0.426. The van der Waals surface area contributed by atoms with E-state index in [2.05, 4.69) is 0 Å². The molecule has 0 spiro atoms. The van der Waals surface area contributed by atoms with Crippen LogP contribution in [-0.4, -0.2) is 54.8 Å². The second-order valence-corrected chi connectivity index (χ2v) is 6.39. The Morgan fingerprint density at radius 1 is 1.07 bits per heavy atom. The molecule has 144 valence electrons. The fourth-order valence-corrected chi connectivity index (χ4v) is 2.87. The number of urea groups is 1. The molecule has 0 radical (unpaired) electrons. The van der Waals surface area contributed by atoms with Crippen LogP contribution >= 0.6 is 11.6 Å². The SMILES string of the molecule is COC(=O)c1ccc(Cl)cc1-c1ccc(C=C2C(=O)N(C)C(=O)N(C)C2=O)o1. The van der Waals surface area contributed by atoms with Crippen LogP contribution in [0.3, 0.4) is 0 Å². The molecule has 0 bridgehead atoms. The summed E-state index contributed by atoms with van der Waals surface area (Å²) in [4.78, 5) is 50.0. The van der Waals surface area contributed by atoms with Crippen molar-refractivity contribution in [3.8, 4) is 11.3 Å². The van der Waals surface area contributed by atoms with Gasteiger partial charge in [-0.15, -0.1) is 0 Å². The van der Waals surface area contributed by atoms with Crippen LogP contribution in [0.2, 0.25) is 5.02 Å². The average molecular weight is 403 g/mol. The maximum Gasteiger partial charge on any atom is 0.338 e. The summed E-state index contributed by atoms with van der Waals surface area (Å²) in [6.45, 7) is 0. The summed E-state index contributed by atoms with van der Waals surface area (Å²) in [5, 5.41) is 0.387. The Labute approximate surface area is 164 Å². The van der Waals surface area contributed by atoms with E-state index in [-0.39, 0.29) is 16.9 Å². The van der Waals surface area contributed by atoms with Gasteiger partial charge >= 0.3 is 12.0 Å². The number of esters is 1. The topological polar surface area (TPSA) is 97.1 Å². The number of likely N-dealkylation sites (N-methyl/N-ethyl adjacent to an activating group) is 2. The van der Waals surface area contributed by atoms with Gasteiger partial charge in [-0.2, -0.15) is 0 Å². The zero-order valence-corrected chi connectivity index (χ0v) is 15.9. The molecule has 2 heterocycles. The number of imide groups is 2. The standard InChI is InChI=1S/C19H15ClN2O6/c1-21-16(23)14(17(24)22(2)19(21)26)9-11-5-7-15(28-11)13-8-10(20)4-6-12(13)18(25)27-3/h4-9H,1-3H3. The second kappa shape index (κ2) is 7.32. The van der Waals surface area contributed by atoms with Gasteiger partial charge in [-0.3, -0.25) is 19.4 Å². The van der Waals surface area contributed by atoms with E-state index >= 15 is 0 Å². The van der Waals surface area contributed by atoms with E-state index in [1.165, 1.54) is 39.4 Å². The Hall–Kier alpha value is -3.39. The predicted octanol–water partition coefficient (Wildman–Crippen LogP) is 2.82. The van der Waals surface area contributed by atoms with Crippen LogP contribution in [0, 0.1) is 0 Å². The van der Waals surface area contributed by atoms with Gasteiger partial charge in [0.2, 0.25) is 0 Å². The van der Waals surface area contributed by atoms with Gasteiger partial charge in [-0.25, -0.2) is 9.59 Å². The summed E-state index contributed by atoms with van der Waals surface area (Å²) in [6, 6.07) is 6.98. The molecule has 0 N–H and O–H groups in total. The van der Waals surface area contributed by atoms with Crippen molar-refractivity contribution in [2.75, 3.05) is 21.2 Å². The lowest BCUT2D eigenvalue weighted by Crippen LogP contribution is -2.52. The highest BCUT2D eigenvalue weighted by molar-refractivity contribution is 6.31. The normalized spacial score (nSPS) is 14.6. The van der Waals surface area contributed by atoms with Gasteiger partial charge in [-0.1, -0.05) is 11.6 Å². The lowest BCUT2D eigenvalue weighted by atomic mass is 10.1. The van der Waals surface area contributed by atoms with Crippen molar-refractivity contribution < 1.29 is 28.3 Å². The first-order valence-corrected chi connectivity index (χ1v) is 8.42. The van der Waals surface area contributed by atoms with Crippen molar-refractivity contribution >= 4 is 41.5 Å². The molecule has 1 aromatic heterocycles. The molecule has 2 aromatic rings. The number of rotatable bonds is 3. The van der Waals surface area contributed by atoms with E-state index in [9.17, 15) is 19.2 Å². The van der Waals surface area contributed by atoms with E-state index in [0.29, 0.717) is 16.3 Å². The highest BCUT2D eigenvalue weighted by Crippen LogP contribution is 2.30. The van der Waals surface area contributed by atoms with Crippen LogP contribution in [0.5, 0.6) is 0 Å². The monoisotopic (exact) mass is 402 g/mol. The maximum atomic E-state index is 12.3. The molecule has 1 aromatic carbocycles. The first kappa shape index (κ1) is 19.4.